The van der Waals surface area contributed by atoms with Gasteiger partial charge in [-0.2, -0.15) is 0 Å². The Morgan fingerprint density at radius 2 is 1.89 bits per heavy atom. The van der Waals surface area contributed by atoms with Gasteiger partial charge in [0, 0.05) is 5.54 Å². The molecule has 7 heteroatoms. The maximum absolute atomic E-state index is 12.8. The number of hydrogen-bond acceptors (Lipinski definition) is 3. The number of rotatable bonds is 5. The van der Waals surface area contributed by atoms with Crippen LogP contribution in [0.5, 0.6) is 0 Å². The number of nitrogens with one attached hydrogen (secondary N) is 1. The molecule has 104 valence electrons. The zero-order chi connectivity index (χ0) is 14.1. The van der Waals surface area contributed by atoms with E-state index in [1.165, 1.54) is 0 Å². The van der Waals surface area contributed by atoms with Crippen LogP contribution in [0, 0.1) is 5.82 Å². The van der Waals surface area contributed by atoms with E-state index in [2.05, 4.69) is 4.72 Å². The van der Waals surface area contributed by atoms with Crippen LogP contribution in [0.4, 0.5) is 4.39 Å². The van der Waals surface area contributed by atoms with Gasteiger partial charge in [0.05, 0.1) is 11.3 Å². The predicted octanol–water partition coefficient (Wildman–Crippen LogP) is 1.50. The van der Waals surface area contributed by atoms with Gasteiger partial charge in [0.1, 0.15) is 5.82 Å². The zero-order valence-corrected chi connectivity index (χ0v) is 10.9. The highest BCUT2D eigenvalue weighted by molar-refractivity contribution is 7.89. The lowest BCUT2D eigenvalue weighted by Gasteiger charge is -2.40. The van der Waals surface area contributed by atoms with Crippen molar-refractivity contribution in [2.24, 2.45) is 0 Å². The van der Waals surface area contributed by atoms with E-state index in [0.29, 0.717) is 12.8 Å². The van der Waals surface area contributed by atoms with Gasteiger partial charge in [-0.25, -0.2) is 17.5 Å². The van der Waals surface area contributed by atoms with Crippen LogP contribution in [-0.4, -0.2) is 25.0 Å². The summed E-state index contributed by atoms with van der Waals surface area (Å²) in [5.41, 5.74) is -0.904. The standard InChI is InChI=1S/C12H14FNO4S/c13-9-2-4-10(5-3-9)19(17,18)14-12(6-1-7-12)8-11(15)16/h2-5,14H,1,6-8H2,(H,15,16). The largest absolute Gasteiger partial charge is 0.481 e. The van der Waals surface area contributed by atoms with Crippen molar-refractivity contribution >= 4 is 16.0 Å². The average Bonchev–Trinajstić information content (AvgIpc) is 2.25. The molecule has 19 heavy (non-hydrogen) atoms. The van der Waals surface area contributed by atoms with E-state index in [4.69, 9.17) is 5.11 Å². The van der Waals surface area contributed by atoms with Crippen LogP contribution in [0.3, 0.4) is 0 Å². The minimum atomic E-state index is -3.82. The Labute approximate surface area is 110 Å². The first-order valence-corrected chi connectivity index (χ1v) is 7.33. The quantitative estimate of drug-likeness (QED) is 0.859. The van der Waals surface area contributed by atoms with Crippen LogP contribution < -0.4 is 4.72 Å². The van der Waals surface area contributed by atoms with Crippen LogP contribution >= 0.6 is 0 Å². The van der Waals surface area contributed by atoms with Crippen molar-refractivity contribution in [3.05, 3.63) is 30.1 Å². The third kappa shape index (κ3) is 3.10. The van der Waals surface area contributed by atoms with Crippen LogP contribution in [0.1, 0.15) is 25.7 Å². The number of sulfonamides is 1. The average molecular weight is 287 g/mol. The van der Waals surface area contributed by atoms with Crippen molar-refractivity contribution in [3.8, 4) is 0 Å². The summed E-state index contributed by atoms with van der Waals surface area (Å²) >= 11 is 0. The molecule has 1 aliphatic rings. The fourth-order valence-corrected chi connectivity index (χ4v) is 3.62. The predicted molar refractivity (Wildman–Crippen MR) is 65.6 cm³/mol. The van der Waals surface area contributed by atoms with Crippen molar-refractivity contribution in [2.75, 3.05) is 0 Å². The van der Waals surface area contributed by atoms with Gasteiger partial charge in [-0.3, -0.25) is 4.79 Å². The first kappa shape index (κ1) is 14.0. The molecule has 5 nitrogen and oxygen atoms in total. The van der Waals surface area contributed by atoms with E-state index < -0.39 is 27.3 Å². The lowest BCUT2D eigenvalue weighted by molar-refractivity contribution is -0.139. The number of aliphatic carboxylic acids is 1. The molecule has 2 rings (SSSR count). The Balaban J connectivity index is 2.21. The van der Waals surface area contributed by atoms with Crippen LogP contribution in [0.25, 0.3) is 0 Å². The molecule has 1 aliphatic carbocycles. The number of carbonyl (C=O) groups is 1. The van der Waals surface area contributed by atoms with Crippen molar-refractivity contribution in [2.45, 2.75) is 36.1 Å². The van der Waals surface area contributed by atoms with Crippen molar-refractivity contribution in [1.82, 2.24) is 4.72 Å². The third-order valence-corrected chi connectivity index (χ3v) is 4.87. The van der Waals surface area contributed by atoms with Gasteiger partial charge < -0.3 is 5.11 Å². The molecule has 0 aromatic heterocycles. The van der Waals surface area contributed by atoms with Crippen LogP contribution in [0.2, 0.25) is 0 Å². The highest BCUT2D eigenvalue weighted by Crippen LogP contribution is 2.36. The van der Waals surface area contributed by atoms with Crippen molar-refractivity contribution in [3.63, 3.8) is 0 Å². The molecule has 0 bridgehead atoms. The summed E-state index contributed by atoms with van der Waals surface area (Å²) in [4.78, 5) is 10.7. The molecule has 0 aliphatic heterocycles. The summed E-state index contributed by atoms with van der Waals surface area (Å²) in [6.07, 6.45) is 1.55. The van der Waals surface area contributed by atoms with E-state index in [9.17, 15) is 17.6 Å². The molecule has 0 spiro atoms. The van der Waals surface area contributed by atoms with Crippen LogP contribution in [0.15, 0.2) is 29.2 Å². The SMILES string of the molecule is O=C(O)CC1(NS(=O)(=O)c2ccc(F)cc2)CCC1. The maximum atomic E-state index is 12.8. The molecule has 0 unspecified atom stereocenters. The highest BCUT2D eigenvalue weighted by Gasteiger charge is 2.42. The summed E-state index contributed by atoms with van der Waals surface area (Å²) < 4.78 is 39.4. The molecular formula is C12H14FNO4S. The van der Waals surface area contributed by atoms with Gasteiger partial charge in [0.2, 0.25) is 10.0 Å². The molecule has 0 amide bonds. The Morgan fingerprint density at radius 3 is 2.32 bits per heavy atom. The normalized spacial score (nSPS) is 17.7. The fraction of sp³-hybridized carbons (Fsp3) is 0.417. The lowest BCUT2D eigenvalue weighted by Crippen LogP contribution is -2.54. The minimum absolute atomic E-state index is 0.0643. The molecule has 0 heterocycles. The van der Waals surface area contributed by atoms with Crippen molar-refractivity contribution in [1.29, 1.82) is 0 Å². The Bertz CT molecular complexity index is 578. The van der Waals surface area contributed by atoms with Gasteiger partial charge in [-0.1, -0.05) is 0 Å². The van der Waals surface area contributed by atoms with E-state index in [0.717, 1.165) is 30.7 Å². The number of halogens is 1. The summed E-state index contributed by atoms with van der Waals surface area (Å²) in [6, 6.07) is 4.42. The smallest absolute Gasteiger partial charge is 0.305 e. The first-order valence-electron chi connectivity index (χ1n) is 5.84. The molecule has 2 N–H and O–H groups in total. The zero-order valence-electron chi connectivity index (χ0n) is 10.1. The summed E-state index contributed by atoms with van der Waals surface area (Å²) in [7, 11) is -3.82. The number of carboxylic acids is 1. The summed E-state index contributed by atoms with van der Waals surface area (Å²) in [5.74, 6) is -1.57. The Morgan fingerprint density at radius 1 is 1.32 bits per heavy atom. The Kier molecular flexibility index (Phi) is 3.60. The lowest BCUT2D eigenvalue weighted by atomic mass is 9.75. The van der Waals surface area contributed by atoms with Gasteiger partial charge in [-0.05, 0) is 43.5 Å². The molecule has 1 aromatic carbocycles. The first-order chi connectivity index (χ1) is 8.83. The molecule has 1 saturated carbocycles. The van der Waals surface area contributed by atoms with Gasteiger partial charge in [0.15, 0.2) is 0 Å². The molecular weight excluding hydrogens is 273 g/mol. The topological polar surface area (TPSA) is 83.5 Å². The van der Waals surface area contributed by atoms with Crippen molar-refractivity contribution < 1.29 is 22.7 Å². The Hall–Kier alpha value is -1.47. The second kappa shape index (κ2) is 4.90. The minimum Gasteiger partial charge on any atom is -0.481 e. The van der Waals surface area contributed by atoms with E-state index in [-0.39, 0.29) is 11.3 Å². The van der Waals surface area contributed by atoms with E-state index in [1.807, 2.05) is 0 Å². The third-order valence-electron chi connectivity index (χ3n) is 3.28. The van der Waals surface area contributed by atoms with Gasteiger partial charge in [0.25, 0.3) is 0 Å². The maximum Gasteiger partial charge on any atom is 0.305 e. The molecule has 0 atom stereocenters. The molecule has 0 radical (unpaired) electrons. The number of hydrogen-bond donors (Lipinski definition) is 2. The number of carboxylic acid groups (broad SMARTS) is 1. The summed E-state index contributed by atoms with van der Waals surface area (Å²) in [6.45, 7) is 0. The monoisotopic (exact) mass is 287 g/mol. The fourth-order valence-electron chi connectivity index (χ4n) is 2.17. The molecule has 1 aromatic rings. The number of benzene rings is 1. The molecule has 1 fully saturated rings. The van der Waals surface area contributed by atoms with Crippen LogP contribution in [-0.2, 0) is 14.8 Å². The van der Waals surface area contributed by atoms with E-state index >= 15 is 0 Å². The summed E-state index contributed by atoms with van der Waals surface area (Å²) in [5, 5.41) is 8.83. The molecule has 0 saturated heterocycles. The van der Waals surface area contributed by atoms with Gasteiger partial charge in [-0.15, -0.1) is 0 Å². The van der Waals surface area contributed by atoms with E-state index in [1.54, 1.807) is 0 Å². The second-order valence-corrected chi connectivity index (χ2v) is 6.45. The highest BCUT2D eigenvalue weighted by atomic mass is 32.2. The second-order valence-electron chi connectivity index (χ2n) is 4.76. The van der Waals surface area contributed by atoms with Gasteiger partial charge >= 0.3 is 5.97 Å².